The molecule has 3 aliphatic heterocycles. The van der Waals surface area contributed by atoms with E-state index in [1.807, 2.05) is 0 Å². The number of hydrogen-bond acceptors (Lipinski definition) is 4. The molecule has 0 aliphatic carbocycles. The largest absolute Gasteiger partial charge is 0.493 e. The summed E-state index contributed by atoms with van der Waals surface area (Å²) in [5, 5.41) is 0. The quantitative estimate of drug-likeness (QED) is 0.181. The Morgan fingerprint density at radius 1 is 0.353 bits per heavy atom. The molecule has 0 unspecified atom stereocenters. The maximum Gasteiger partial charge on any atom is 0.127 e. The summed E-state index contributed by atoms with van der Waals surface area (Å²) in [4.78, 5) is 19.3. The van der Waals surface area contributed by atoms with E-state index in [2.05, 4.69) is 173 Å². The Labute approximate surface area is 402 Å². The summed E-state index contributed by atoms with van der Waals surface area (Å²) >= 11 is 0. The monoisotopic (exact) mass is 897 g/mol. The van der Waals surface area contributed by atoms with Gasteiger partial charge >= 0.3 is 0 Å². The van der Waals surface area contributed by atoms with Gasteiger partial charge in [0.1, 0.15) is 11.5 Å². The highest BCUT2D eigenvalue weighted by Gasteiger charge is 2.23. The fourth-order valence-corrected chi connectivity index (χ4v) is 11.0. The van der Waals surface area contributed by atoms with E-state index in [-0.39, 0.29) is 0 Å². The van der Waals surface area contributed by atoms with Crippen molar-refractivity contribution in [1.29, 1.82) is 0 Å². The average molecular weight is 897 g/mol. The minimum atomic E-state index is 0.666. The van der Waals surface area contributed by atoms with Crippen LogP contribution in [0.5, 0.6) is 11.5 Å². The van der Waals surface area contributed by atoms with Gasteiger partial charge in [-0.25, -0.2) is 9.97 Å². The molecule has 344 valence electrons. The van der Waals surface area contributed by atoms with Crippen LogP contribution in [0.4, 0.5) is 0 Å². The van der Waals surface area contributed by atoms with Gasteiger partial charge in [-0.15, -0.1) is 0 Å². The molecule has 0 saturated carbocycles. The first-order chi connectivity index (χ1) is 33.2. The summed E-state index contributed by atoms with van der Waals surface area (Å²) in [7, 11) is 0. The Bertz CT molecular complexity index is 3010. The van der Waals surface area contributed by atoms with Gasteiger partial charge in [0.2, 0.25) is 0 Å². The zero-order valence-corrected chi connectivity index (χ0v) is 40.7. The number of nitrogens with one attached hydrogen (secondary N) is 2. The van der Waals surface area contributed by atoms with E-state index in [1.165, 1.54) is 83.0 Å². The van der Waals surface area contributed by atoms with Crippen LogP contribution in [0, 0.1) is 41.5 Å². The second kappa shape index (κ2) is 19.7. The molecule has 3 aliphatic rings. The summed E-state index contributed by atoms with van der Waals surface area (Å²) in [6, 6.07) is 35.0. The van der Waals surface area contributed by atoms with Crippen molar-refractivity contribution in [2.75, 3.05) is 13.2 Å². The molecular formula is C62H64N4O2. The number of benzene rings is 4. The minimum absolute atomic E-state index is 0.666. The predicted molar refractivity (Wildman–Crippen MR) is 286 cm³/mol. The second-order valence-electron chi connectivity index (χ2n) is 19.3. The van der Waals surface area contributed by atoms with Crippen LogP contribution in [-0.4, -0.2) is 33.1 Å². The molecule has 68 heavy (non-hydrogen) atoms. The van der Waals surface area contributed by atoms with Crippen molar-refractivity contribution in [2.45, 2.75) is 106 Å². The number of aryl methyl sites for hydroxylation is 6. The highest BCUT2D eigenvalue weighted by Crippen LogP contribution is 2.43. The molecule has 10 rings (SSSR count). The van der Waals surface area contributed by atoms with Crippen molar-refractivity contribution in [2.24, 2.45) is 0 Å². The van der Waals surface area contributed by atoms with Crippen molar-refractivity contribution >= 4 is 46.4 Å². The van der Waals surface area contributed by atoms with Crippen LogP contribution in [0.25, 0.3) is 90.9 Å². The molecule has 6 nitrogen and oxygen atoms in total. The summed E-state index contributed by atoms with van der Waals surface area (Å²) in [6.45, 7) is 14.6. The molecule has 6 heterocycles. The number of ether oxygens (including phenoxy) is 2. The molecule has 7 aromatic rings. The van der Waals surface area contributed by atoms with Crippen molar-refractivity contribution in [3.63, 3.8) is 0 Å². The molecule has 0 spiro atoms. The first kappa shape index (κ1) is 44.9. The normalized spacial score (nSPS) is 14.6. The van der Waals surface area contributed by atoms with Gasteiger partial charge < -0.3 is 19.4 Å². The third-order valence-corrected chi connectivity index (χ3v) is 14.0. The summed E-state index contributed by atoms with van der Waals surface area (Å²) in [5.74, 6) is 1.73. The minimum Gasteiger partial charge on any atom is -0.493 e. The standard InChI is InChI=1S/C62H64N4O2/c1-39-35-41(3)57(42(4)36-39)61-51-29-25-47(63-51)59-45-21-15-17-23-55(45)67-33-19-13-11-9-7-8-10-12-14-20-34-68-56-24-18-16-22-46(56)60(48-26-30-52(61)64-48)50-28-32-54(66-50)62(53-31-27-49(59)65-53)58-43(5)37-40(2)38-44(58)6/h15-18,21-32,35-38,63,66H,7-14,19-20,33-34H2,1-6H3. The van der Waals surface area contributed by atoms with Gasteiger partial charge in [0.15, 0.2) is 0 Å². The number of H-pyrrole nitrogens is 2. The fourth-order valence-electron chi connectivity index (χ4n) is 11.0. The van der Waals surface area contributed by atoms with Gasteiger partial charge in [0, 0.05) is 55.4 Å². The smallest absolute Gasteiger partial charge is 0.127 e. The van der Waals surface area contributed by atoms with E-state index in [4.69, 9.17) is 19.4 Å². The summed E-state index contributed by atoms with van der Waals surface area (Å²) < 4.78 is 13.5. The SMILES string of the molecule is Cc1cc(C)c(-c2c3nc(c4c5ccc([nH]5)c(-c5c(C)cc(C)cc5C)c5nc(c(c6ccc2[nH]6)-c2ccccc2OCCCCCCCCCCCCOc2ccccc2-4)C=C5)C=C3)c(C)c1. The molecule has 0 fully saturated rings. The number of aromatic amines is 2. The fraction of sp³-hybridized carbons (Fsp3) is 0.290. The Hall–Kier alpha value is -6.92. The van der Waals surface area contributed by atoms with E-state index in [0.29, 0.717) is 13.2 Å². The van der Waals surface area contributed by atoms with Crippen molar-refractivity contribution < 1.29 is 9.47 Å². The molecule has 0 atom stereocenters. The molecule has 4 aromatic carbocycles. The van der Waals surface area contributed by atoms with Gasteiger partial charge in [0.05, 0.1) is 36.0 Å². The van der Waals surface area contributed by atoms with Gasteiger partial charge in [0.25, 0.3) is 0 Å². The Kier molecular flexibility index (Phi) is 13.0. The molecule has 0 amide bonds. The van der Waals surface area contributed by atoms with Crippen LogP contribution in [-0.2, 0) is 0 Å². The van der Waals surface area contributed by atoms with E-state index >= 15 is 0 Å². The summed E-state index contributed by atoms with van der Waals surface area (Å²) in [6.07, 6.45) is 20.7. The van der Waals surface area contributed by atoms with Crippen LogP contribution in [0.2, 0.25) is 0 Å². The first-order valence-corrected chi connectivity index (χ1v) is 25.0. The number of nitrogens with zero attached hydrogens (tertiary/aromatic N) is 2. The molecule has 10 bridgehead atoms. The maximum absolute atomic E-state index is 6.76. The highest BCUT2D eigenvalue weighted by molar-refractivity contribution is 6.01. The third kappa shape index (κ3) is 9.09. The van der Waals surface area contributed by atoms with Crippen LogP contribution in [0.3, 0.4) is 0 Å². The van der Waals surface area contributed by atoms with Gasteiger partial charge in [-0.05, 0) is 148 Å². The molecular weight excluding hydrogens is 833 g/mol. The van der Waals surface area contributed by atoms with Crippen LogP contribution < -0.4 is 9.47 Å². The van der Waals surface area contributed by atoms with Crippen molar-refractivity contribution in [1.82, 2.24) is 19.9 Å². The third-order valence-electron chi connectivity index (χ3n) is 14.0. The Morgan fingerprint density at radius 2 is 0.662 bits per heavy atom. The molecule has 2 N–H and O–H groups in total. The van der Waals surface area contributed by atoms with Gasteiger partial charge in [-0.1, -0.05) is 123 Å². The Morgan fingerprint density at radius 3 is 1.03 bits per heavy atom. The lowest BCUT2D eigenvalue weighted by Gasteiger charge is -2.14. The van der Waals surface area contributed by atoms with Gasteiger partial charge in [-0.3, -0.25) is 0 Å². The van der Waals surface area contributed by atoms with E-state index in [9.17, 15) is 0 Å². The molecule has 6 heteroatoms. The van der Waals surface area contributed by atoms with Crippen molar-refractivity contribution in [3.8, 4) is 56.0 Å². The van der Waals surface area contributed by atoms with Crippen molar-refractivity contribution in [3.05, 3.63) is 153 Å². The lowest BCUT2D eigenvalue weighted by Crippen LogP contribution is -1.99. The number of aromatic nitrogens is 4. The highest BCUT2D eigenvalue weighted by atomic mass is 16.5. The summed E-state index contributed by atoms with van der Waals surface area (Å²) in [5.41, 5.74) is 23.2. The zero-order chi connectivity index (χ0) is 46.7. The van der Waals surface area contributed by atoms with Crippen LogP contribution in [0.15, 0.2) is 97.1 Å². The lowest BCUT2D eigenvalue weighted by atomic mass is 9.92. The number of rotatable bonds is 2. The maximum atomic E-state index is 6.76. The van der Waals surface area contributed by atoms with Crippen LogP contribution in [0.1, 0.15) is 120 Å². The van der Waals surface area contributed by atoms with Gasteiger partial charge in [-0.2, -0.15) is 0 Å². The average Bonchev–Trinajstić information content (AvgIpc) is 4.17. The second-order valence-corrected chi connectivity index (χ2v) is 19.3. The lowest BCUT2D eigenvalue weighted by molar-refractivity contribution is 0.304. The zero-order valence-electron chi connectivity index (χ0n) is 40.7. The Balaban J connectivity index is 1.35. The molecule has 0 radical (unpaired) electrons. The predicted octanol–water partition coefficient (Wildman–Crippen LogP) is 16.8. The topological polar surface area (TPSA) is 75.8 Å². The first-order valence-electron chi connectivity index (χ1n) is 25.0. The number of hydrogen-bond donors (Lipinski definition) is 2. The van der Waals surface area contributed by atoms with E-state index in [0.717, 1.165) is 115 Å². The molecule has 0 saturated heterocycles. The number of fused-ring (bicyclic) bond motifs is 10. The number of para-hydroxylation sites is 2. The molecule has 3 aromatic heterocycles. The van der Waals surface area contributed by atoms with E-state index in [1.54, 1.807) is 0 Å². The van der Waals surface area contributed by atoms with Crippen LogP contribution >= 0.6 is 0 Å². The van der Waals surface area contributed by atoms with E-state index < -0.39 is 0 Å².